The Bertz CT molecular complexity index is 1790. The number of rotatable bonds is 9. The molecular weight excluding hydrogens is 539 g/mol. The van der Waals surface area contributed by atoms with Gasteiger partial charge in [0.05, 0.1) is 35.1 Å². The van der Waals surface area contributed by atoms with Crippen LogP contribution in [-0.2, 0) is 30.7 Å². The molecule has 2 aromatic heterocycles. The first-order valence-electron chi connectivity index (χ1n) is 13.0. The number of alkyl halides is 3. The molecule has 0 bridgehead atoms. The molecule has 5 aromatic rings. The Labute approximate surface area is 229 Å². The van der Waals surface area contributed by atoms with Crippen molar-refractivity contribution in [2.24, 2.45) is 0 Å². The quantitative estimate of drug-likeness (QED) is 0.158. The number of benzene rings is 3. The zero-order valence-corrected chi connectivity index (χ0v) is 23.5. The van der Waals surface area contributed by atoms with E-state index in [0.29, 0.717) is 34.2 Å². The fourth-order valence-corrected chi connectivity index (χ4v) is 5.48. The van der Waals surface area contributed by atoms with Crippen molar-refractivity contribution in [3.8, 4) is 0 Å². The van der Waals surface area contributed by atoms with Crippen molar-refractivity contribution >= 4 is 30.1 Å². The van der Waals surface area contributed by atoms with E-state index in [1.54, 1.807) is 53.2 Å². The van der Waals surface area contributed by atoms with Crippen LogP contribution >= 0.6 is 0 Å². The summed E-state index contributed by atoms with van der Waals surface area (Å²) in [4.78, 5) is 25.9. The van der Waals surface area contributed by atoms with Gasteiger partial charge in [0.1, 0.15) is 6.73 Å². The van der Waals surface area contributed by atoms with E-state index in [1.165, 1.54) is 21.4 Å². The molecule has 210 valence electrons. The van der Waals surface area contributed by atoms with Crippen LogP contribution in [-0.4, -0.2) is 28.6 Å². The number of ether oxygens (including phenoxy) is 1. The van der Waals surface area contributed by atoms with Crippen LogP contribution in [0.5, 0.6) is 0 Å². The van der Waals surface area contributed by atoms with Crippen LogP contribution in [0.25, 0.3) is 22.0 Å². The smallest absolute Gasteiger partial charge is 0.408 e. The Morgan fingerprint density at radius 1 is 0.875 bits per heavy atom. The Morgan fingerprint density at radius 3 is 2.35 bits per heavy atom. The average Bonchev–Trinajstić information content (AvgIpc) is 3.34. The molecule has 0 fully saturated rings. The van der Waals surface area contributed by atoms with Gasteiger partial charge in [0.15, 0.2) is 5.58 Å². The number of oxazole rings is 1. The van der Waals surface area contributed by atoms with E-state index in [0.717, 1.165) is 12.1 Å². The number of para-hydroxylation sites is 1. The third kappa shape index (κ3) is 5.71. The van der Waals surface area contributed by atoms with Gasteiger partial charge in [-0.25, -0.2) is 14.0 Å². The van der Waals surface area contributed by atoms with E-state index in [9.17, 15) is 22.8 Å². The standard InChI is InChI=1S/C29H30F3N3O4Si/c1-40(2,3)15-14-38-19-33-25-13-12-20(16-26(25)39-28(33)37)17-35-27(36)22-9-5-7-11-24(22)34(35)18-21-8-4-6-10-23(21)29(30,31)32/h4-13,16H,14-15,17-19H2,1-3H3. The molecule has 0 saturated heterocycles. The predicted octanol–water partition coefficient (Wildman–Crippen LogP) is 6.14. The van der Waals surface area contributed by atoms with Crippen LogP contribution < -0.4 is 11.3 Å². The summed E-state index contributed by atoms with van der Waals surface area (Å²) in [6.45, 7) is 7.28. The van der Waals surface area contributed by atoms with E-state index >= 15 is 0 Å². The molecule has 3 aromatic carbocycles. The molecular formula is C29H30F3N3O4Si. The Hall–Kier alpha value is -3.83. The van der Waals surface area contributed by atoms with Gasteiger partial charge in [0.25, 0.3) is 5.56 Å². The summed E-state index contributed by atoms with van der Waals surface area (Å²) in [6, 6.07) is 18.3. The third-order valence-electron chi connectivity index (χ3n) is 6.86. The van der Waals surface area contributed by atoms with Crippen LogP contribution in [0.1, 0.15) is 16.7 Å². The van der Waals surface area contributed by atoms with E-state index in [1.807, 2.05) is 0 Å². The number of fused-ring (bicyclic) bond motifs is 2. The van der Waals surface area contributed by atoms with Crippen molar-refractivity contribution in [1.29, 1.82) is 0 Å². The third-order valence-corrected chi connectivity index (χ3v) is 8.57. The summed E-state index contributed by atoms with van der Waals surface area (Å²) in [5.41, 5.74) is 1.07. The molecule has 11 heteroatoms. The van der Waals surface area contributed by atoms with Crippen molar-refractivity contribution < 1.29 is 22.3 Å². The van der Waals surface area contributed by atoms with Gasteiger partial charge in [-0.2, -0.15) is 13.2 Å². The van der Waals surface area contributed by atoms with Crippen molar-refractivity contribution in [2.45, 2.75) is 51.7 Å². The van der Waals surface area contributed by atoms with Gasteiger partial charge in [0.2, 0.25) is 0 Å². The average molecular weight is 570 g/mol. The van der Waals surface area contributed by atoms with Crippen molar-refractivity contribution in [3.63, 3.8) is 0 Å². The first-order chi connectivity index (χ1) is 18.9. The van der Waals surface area contributed by atoms with Crippen LogP contribution in [0, 0.1) is 0 Å². The molecule has 40 heavy (non-hydrogen) atoms. The molecule has 0 aliphatic heterocycles. The first-order valence-corrected chi connectivity index (χ1v) is 16.7. The second-order valence-corrected chi connectivity index (χ2v) is 16.7. The molecule has 7 nitrogen and oxygen atoms in total. The summed E-state index contributed by atoms with van der Waals surface area (Å²) in [6.07, 6.45) is -4.53. The largest absolute Gasteiger partial charge is 0.421 e. The minimum absolute atomic E-state index is 0.0529. The van der Waals surface area contributed by atoms with Gasteiger partial charge < -0.3 is 9.15 Å². The molecule has 0 radical (unpaired) electrons. The molecule has 5 rings (SSSR count). The Morgan fingerprint density at radius 2 is 1.60 bits per heavy atom. The summed E-state index contributed by atoms with van der Waals surface area (Å²) in [5, 5.41) is 0.404. The lowest BCUT2D eigenvalue weighted by molar-refractivity contribution is -0.138. The normalized spacial score (nSPS) is 12.6. The number of aromatic nitrogens is 3. The molecule has 0 saturated carbocycles. The van der Waals surface area contributed by atoms with Gasteiger partial charge >= 0.3 is 11.9 Å². The maximum absolute atomic E-state index is 13.7. The van der Waals surface area contributed by atoms with Crippen molar-refractivity contribution in [1.82, 2.24) is 13.9 Å². The lowest BCUT2D eigenvalue weighted by Gasteiger charge is -2.17. The van der Waals surface area contributed by atoms with Gasteiger partial charge in [0, 0.05) is 14.7 Å². The zero-order chi connectivity index (χ0) is 28.7. The molecule has 0 unspecified atom stereocenters. The lowest BCUT2D eigenvalue weighted by Crippen LogP contribution is -2.25. The first kappa shape index (κ1) is 27.7. The number of halogens is 3. The van der Waals surface area contributed by atoms with E-state index < -0.39 is 25.6 Å². The summed E-state index contributed by atoms with van der Waals surface area (Å²) < 4.78 is 56.8. The summed E-state index contributed by atoms with van der Waals surface area (Å²) >= 11 is 0. The Kier molecular flexibility index (Phi) is 7.36. The van der Waals surface area contributed by atoms with Crippen LogP contribution in [0.2, 0.25) is 25.7 Å². The monoisotopic (exact) mass is 569 g/mol. The fourth-order valence-electron chi connectivity index (χ4n) is 4.72. The van der Waals surface area contributed by atoms with Crippen LogP contribution in [0.15, 0.2) is 80.7 Å². The van der Waals surface area contributed by atoms with E-state index in [-0.39, 0.29) is 30.9 Å². The molecule has 0 aliphatic carbocycles. The fraction of sp³-hybridized carbons (Fsp3) is 0.310. The van der Waals surface area contributed by atoms with Crippen LogP contribution in [0.4, 0.5) is 13.2 Å². The highest BCUT2D eigenvalue weighted by atomic mass is 28.3. The van der Waals surface area contributed by atoms with Crippen molar-refractivity contribution in [2.75, 3.05) is 6.61 Å². The number of hydrogen-bond acceptors (Lipinski definition) is 4. The van der Waals surface area contributed by atoms with Gasteiger partial charge in [-0.3, -0.25) is 9.48 Å². The van der Waals surface area contributed by atoms with Gasteiger partial charge in [-0.1, -0.05) is 56.0 Å². The second kappa shape index (κ2) is 10.6. The highest BCUT2D eigenvalue weighted by Crippen LogP contribution is 2.32. The molecule has 0 N–H and O–H groups in total. The van der Waals surface area contributed by atoms with Gasteiger partial charge in [-0.05, 0) is 47.5 Å². The SMILES string of the molecule is C[Si](C)(C)CCOCn1c(=O)oc2cc(Cn3c(=O)c4ccccc4n3Cc3ccccc3C(F)(F)F)ccc21. The number of hydrogen-bond donors (Lipinski definition) is 0. The molecule has 2 heterocycles. The molecule has 0 aliphatic rings. The second-order valence-electron chi connectivity index (χ2n) is 11.0. The van der Waals surface area contributed by atoms with E-state index in [2.05, 4.69) is 19.6 Å². The zero-order valence-electron chi connectivity index (χ0n) is 22.5. The maximum atomic E-state index is 13.7. The number of nitrogens with zero attached hydrogens (tertiary/aromatic N) is 3. The van der Waals surface area contributed by atoms with Crippen molar-refractivity contribution in [3.05, 3.63) is 104 Å². The molecule has 0 amide bonds. The molecule has 0 spiro atoms. The topological polar surface area (TPSA) is 71.3 Å². The lowest BCUT2D eigenvalue weighted by atomic mass is 10.1. The van der Waals surface area contributed by atoms with E-state index in [4.69, 9.17) is 9.15 Å². The summed E-state index contributed by atoms with van der Waals surface area (Å²) in [7, 11) is -1.27. The highest BCUT2D eigenvalue weighted by Gasteiger charge is 2.33. The van der Waals surface area contributed by atoms with Crippen LogP contribution in [0.3, 0.4) is 0 Å². The predicted molar refractivity (Wildman–Crippen MR) is 150 cm³/mol. The Balaban J connectivity index is 1.48. The maximum Gasteiger partial charge on any atom is 0.421 e. The summed E-state index contributed by atoms with van der Waals surface area (Å²) in [5.74, 6) is -0.546. The molecule has 0 atom stereocenters. The minimum Gasteiger partial charge on any atom is -0.408 e. The minimum atomic E-state index is -4.53. The highest BCUT2D eigenvalue weighted by molar-refractivity contribution is 6.76. The van der Waals surface area contributed by atoms with Gasteiger partial charge in [-0.15, -0.1) is 0 Å².